The topological polar surface area (TPSA) is 69.1 Å². The summed E-state index contributed by atoms with van der Waals surface area (Å²) in [4.78, 5) is 6.06. The third-order valence-electron chi connectivity index (χ3n) is 5.46. The second-order valence-electron chi connectivity index (χ2n) is 7.71. The maximum Gasteiger partial charge on any atom is 0.162 e. The van der Waals surface area contributed by atoms with Crippen molar-refractivity contribution >= 4 is 34.3 Å². The average Bonchev–Trinajstić information content (AvgIpc) is 3.28. The highest BCUT2D eigenvalue weighted by Crippen LogP contribution is 2.38. The summed E-state index contributed by atoms with van der Waals surface area (Å²) >= 11 is 7.79. The van der Waals surface area contributed by atoms with E-state index in [0.717, 1.165) is 55.2 Å². The fourth-order valence-electron chi connectivity index (χ4n) is 3.79. The first-order valence-corrected chi connectivity index (χ1v) is 11.4. The SMILES string of the molecule is Cc1c(C#Cc2ccc(N)cc2)sc2c1C(c1ccc(Cl)cc1)=N[C@@H](C)c1nnc(C)n1-2. The van der Waals surface area contributed by atoms with E-state index in [4.69, 9.17) is 22.3 Å². The third-order valence-corrected chi connectivity index (χ3v) is 6.91. The normalized spacial score (nSPS) is 14.6. The van der Waals surface area contributed by atoms with E-state index in [1.54, 1.807) is 11.3 Å². The monoisotopic (exact) mass is 457 g/mol. The van der Waals surface area contributed by atoms with Crippen LogP contribution in [0.25, 0.3) is 5.00 Å². The van der Waals surface area contributed by atoms with Gasteiger partial charge in [-0.2, -0.15) is 0 Å². The largest absolute Gasteiger partial charge is 0.399 e. The van der Waals surface area contributed by atoms with Gasteiger partial charge in [0, 0.05) is 27.4 Å². The fraction of sp³-hybridized carbons (Fsp3) is 0.160. The molecule has 2 N–H and O–H groups in total. The Morgan fingerprint density at radius 2 is 1.72 bits per heavy atom. The minimum atomic E-state index is -0.134. The van der Waals surface area contributed by atoms with Crippen molar-refractivity contribution < 1.29 is 0 Å². The maximum atomic E-state index is 6.15. The molecule has 32 heavy (non-hydrogen) atoms. The van der Waals surface area contributed by atoms with E-state index < -0.39 is 0 Å². The number of nitrogens with two attached hydrogens (primary N) is 1. The zero-order valence-electron chi connectivity index (χ0n) is 17.8. The lowest BCUT2D eigenvalue weighted by molar-refractivity contribution is 0.724. The van der Waals surface area contributed by atoms with Gasteiger partial charge < -0.3 is 5.73 Å². The molecule has 2 aromatic carbocycles. The molecular weight excluding hydrogens is 438 g/mol. The third kappa shape index (κ3) is 3.50. The van der Waals surface area contributed by atoms with Crippen LogP contribution in [-0.4, -0.2) is 20.5 Å². The zero-order valence-corrected chi connectivity index (χ0v) is 19.4. The molecule has 7 heteroatoms. The molecule has 0 radical (unpaired) electrons. The lowest BCUT2D eigenvalue weighted by Gasteiger charge is -2.09. The number of halogens is 1. The highest BCUT2D eigenvalue weighted by atomic mass is 35.5. The first kappa shape index (κ1) is 20.5. The highest BCUT2D eigenvalue weighted by Gasteiger charge is 2.29. The van der Waals surface area contributed by atoms with E-state index in [9.17, 15) is 0 Å². The standard InChI is InChI=1S/C25H20ClN5S/c1-14-21(13-6-17-4-11-20(27)12-5-17)32-25-22(14)23(18-7-9-19(26)10-8-18)28-15(2)24-30-29-16(3)31(24)25/h4-5,7-12,15H,27H2,1-3H3/t15-/m0/s1. The molecule has 4 aromatic rings. The molecule has 1 atom stereocenters. The van der Waals surface area contributed by atoms with Crippen molar-refractivity contribution in [1.82, 2.24) is 14.8 Å². The Balaban J connectivity index is 1.72. The van der Waals surface area contributed by atoms with Crippen LogP contribution >= 0.6 is 22.9 Å². The van der Waals surface area contributed by atoms with Crippen molar-refractivity contribution in [3.63, 3.8) is 0 Å². The molecule has 1 aliphatic rings. The van der Waals surface area contributed by atoms with Crippen molar-refractivity contribution in [3.8, 4) is 16.8 Å². The summed E-state index contributed by atoms with van der Waals surface area (Å²) in [6, 6.07) is 15.3. The van der Waals surface area contributed by atoms with E-state index in [0.29, 0.717) is 5.02 Å². The van der Waals surface area contributed by atoms with Crippen molar-refractivity contribution in [1.29, 1.82) is 0 Å². The summed E-state index contributed by atoms with van der Waals surface area (Å²) < 4.78 is 2.11. The van der Waals surface area contributed by atoms with Crippen molar-refractivity contribution in [2.24, 2.45) is 4.99 Å². The van der Waals surface area contributed by atoms with E-state index in [1.807, 2.05) is 62.4 Å². The predicted molar refractivity (Wildman–Crippen MR) is 131 cm³/mol. The molecule has 0 aliphatic carbocycles. The van der Waals surface area contributed by atoms with E-state index in [1.165, 1.54) is 0 Å². The minimum Gasteiger partial charge on any atom is -0.399 e. The number of thiophene rings is 1. The number of aryl methyl sites for hydroxylation is 1. The van der Waals surface area contributed by atoms with Gasteiger partial charge >= 0.3 is 0 Å². The fourth-order valence-corrected chi connectivity index (χ4v) is 5.14. The zero-order chi connectivity index (χ0) is 22.4. The van der Waals surface area contributed by atoms with Crippen LogP contribution in [0.4, 0.5) is 5.69 Å². The predicted octanol–water partition coefficient (Wildman–Crippen LogP) is 5.49. The van der Waals surface area contributed by atoms with Crippen LogP contribution in [-0.2, 0) is 0 Å². The van der Waals surface area contributed by atoms with E-state index in [2.05, 4.69) is 33.5 Å². The van der Waals surface area contributed by atoms with Gasteiger partial charge in [0.2, 0.25) is 0 Å². The number of fused-ring (bicyclic) bond motifs is 3. The Morgan fingerprint density at radius 1 is 1.00 bits per heavy atom. The molecule has 1 aliphatic heterocycles. The van der Waals surface area contributed by atoms with Gasteiger partial charge in [-0.15, -0.1) is 21.5 Å². The van der Waals surface area contributed by atoms with Crippen LogP contribution in [0.1, 0.15) is 51.7 Å². The molecule has 0 saturated heterocycles. The van der Waals surface area contributed by atoms with Gasteiger partial charge in [-0.25, -0.2) is 0 Å². The second-order valence-corrected chi connectivity index (χ2v) is 9.15. The number of nitrogens with zero attached hydrogens (tertiary/aromatic N) is 4. The second kappa shape index (κ2) is 7.94. The molecule has 158 valence electrons. The van der Waals surface area contributed by atoms with Gasteiger partial charge in [0.25, 0.3) is 0 Å². The maximum absolute atomic E-state index is 6.15. The van der Waals surface area contributed by atoms with Gasteiger partial charge in [0.15, 0.2) is 5.82 Å². The van der Waals surface area contributed by atoms with Crippen LogP contribution in [0.5, 0.6) is 0 Å². The number of benzene rings is 2. The first-order valence-electron chi connectivity index (χ1n) is 10.2. The summed E-state index contributed by atoms with van der Waals surface area (Å²) in [5.41, 5.74) is 11.5. The number of aliphatic imine (C=N–C) groups is 1. The summed E-state index contributed by atoms with van der Waals surface area (Å²) in [7, 11) is 0. The molecule has 0 amide bonds. The van der Waals surface area contributed by atoms with Gasteiger partial charge in [-0.1, -0.05) is 35.6 Å². The van der Waals surface area contributed by atoms with E-state index in [-0.39, 0.29) is 6.04 Å². The molecule has 0 spiro atoms. The quantitative estimate of drug-likeness (QED) is 0.303. The van der Waals surface area contributed by atoms with Crippen LogP contribution < -0.4 is 5.73 Å². The van der Waals surface area contributed by atoms with Gasteiger partial charge in [0.1, 0.15) is 16.9 Å². The Bertz CT molecular complexity index is 1420. The van der Waals surface area contributed by atoms with Crippen molar-refractivity contribution in [2.45, 2.75) is 26.8 Å². The smallest absolute Gasteiger partial charge is 0.162 e. The van der Waals surface area contributed by atoms with Crippen LogP contribution in [0, 0.1) is 25.7 Å². The molecule has 0 fully saturated rings. The van der Waals surface area contributed by atoms with Crippen LogP contribution in [0.15, 0.2) is 53.5 Å². The molecule has 5 rings (SSSR count). The number of aromatic nitrogens is 3. The Hall–Kier alpha value is -3.40. The number of hydrogen-bond acceptors (Lipinski definition) is 5. The van der Waals surface area contributed by atoms with Crippen molar-refractivity contribution in [3.05, 3.63) is 92.3 Å². The first-order chi connectivity index (χ1) is 15.4. The molecular formula is C25H20ClN5S. The summed E-state index contributed by atoms with van der Waals surface area (Å²) in [6.45, 7) is 6.11. The van der Waals surface area contributed by atoms with Crippen LogP contribution in [0.3, 0.4) is 0 Å². The Morgan fingerprint density at radius 3 is 2.44 bits per heavy atom. The Kier molecular flexibility index (Phi) is 5.09. The van der Waals surface area contributed by atoms with E-state index >= 15 is 0 Å². The number of nitrogen functional groups attached to an aromatic ring is 1. The molecule has 0 bridgehead atoms. The lowest BCUT2D eigenvalue weighted by atomic mass is 9.99. The lowest BCUT2D eigenvalue weighted by Crippen LogP contribution is -2.07. The number of hydrogen-bond donors (Lipinski definition) is 1. The summed E-state index contributed by atoms with van der Waals surface area (Å²) in [5, 5.41) is 10.5. The highest BCUT2D eigenvalue weighted by molar-refractivity contribution is 7.15. The number of anilines is 1. The molecule has 0 saturated carbocycles. The molecule has 2 aromatic heterocycles. The van der Waals surface area contributed by atoms with Gasteiger partial charge in [0.05, 0.1) is 10.6 Å². The molecule has 0 unspecified atom stereocenters. The Labute approximate surface area is 195 Å². The van der Waals surface area contributed by atoms with Crippen LogP contribution in [0.2, 0.25) is 5.02 Å². The van der Waals surface area contributed by atoms with Gasteiger partial charge in [-0.3, -0.25) is 9.56 Å². The molecule has 5 nitrogen and oxygen atoms in total. The summed E-state index contributed by atoms with van der Waals surface area (Å²) in [6.07, 6.45) is 0. The van der Waals surface area contributed by atoms with Crippen molar-refractivity contribution in [2.75, 3.05) is 5.73 Å². The van der Waals surface area contributed by atoms with Gasteiger partial charge in [-0.05, 0) is 62.7 Å². The number of rotatable bonds is 1. The average molecular weight is 458 g/mol. The minimum absolute atomic E-state index is 0.134. The summed E-state index contributed by atoms with van der Waals surface area (Å²) in [5.74, 6) is 8.28. The molecule has 3 heterocycles.